The highest BCUT2D eigenvalue weighted by molar-refractivity contribution is 7.93. The zero-order valence-electron chi connectivity index (χ0n) is 18.4. The molecule has 0 spiro atoms. The Morgan fingerprint density at radius 2 is 1.82 bits per heavy atom. The number of nitrogens with zero attached hydrogens (tertiary/aromatic N) is 2. The van der Waals surface area contributed by atoms with Crippen LogP contribution in [-0.2, 0) is 10.0 Å². The zero-order chi connectivity index (χ0) is 23.3. The minimum atomic E-state index is -3.83. The van der Waals surface area contributed by atoms with Crippen LogP contribution in [0.2, 0.25) is 0 Å². The first-order chi connectivity index (χ1) is 15.7. The fourth-order valence-corrected chi connectivity index (χ4v) is 6.59. The first-order valence-electron chi connectivity index (χ1n) is 11.1. The van der Waals surface area contributed by atoms with Crippen LogP contribution in [0.1, 0.15) is 49.4 Å². The van der Waals surface area contributed by atoms with Gasteiger partial charge >= 0.3 is 0 Å². The first kappa shape index (κ1) is 22.3. The summed E-state index contributed by atoms with van der Waals surface area (Å²) in [4.78, 5) is 18.9. The Kier molecular flexibility index (Phi) is 5.44. The van der Waals surface area contributed by atoms with Crippen LogP contribution in [0, 0.1) is 5.41 Å². The Bertz CT molecular complexity index is 1290. The molecule has 6 nitrogen and oxygen atoms in total. The van der Waals surface area contributed by atoms with Gasteiger partial charge in [-0.15, -0.1) is 11.3 Å². The topological polar surface area (TPSA) is 79.4 Å². The van der Waals surface area contributed by atoms with Gasteiger partial charge in [0, 0.05) is 24.3 Å². The predicted molar refractivity (Wildman–Crippen MR) is 128 cm³/mol. The number of carbonyl (C=O) groups is 1. The highest BCUT2D eigenvalue weighted by Crippen LogP contribution is 2.53. The number of fused-ring (bicyclic) bond motifs is 1. The molecule has 1 saturated carbocycles. The monoisotopic (exact) mass is 487 g/mol. The molecule has 1 aliphatic carbocycles. The molecule has 2 aromatic carbocycles. The summed E-state index contributed by atoms with van der Waals surface area (Å²) in [6, 6.07) is 11.4. The zero-order valence-corrected chi connectivity index (χ0v) is 20.0. The van der Waals surface area contributed by atoms with Gasteiger partial charge in [0.05, 0.1) is 10.2 Å². The molecule has 1 N–H and O–H groups in total. The summed E-state index contributed by atoms with van der Waals surface area (Å²) in [5.41, 5.74) is 1.84. The van der Waals surface area contributed by atoms with E-state index in [9.17, 15) is 13.2 Å². The number of hydrogen-bond donors (Lipinski definition) is 1. The number of nitrogens with one attached hydrogen (secondary N) is 1. The van der Waals surface area contributed by atoms with E-state index in [-0.39, 0.29) is 16.2 Å². The lowest BCUT2D eigenvalue weighted by atomic mass is 9.83. The number of alkyl halides is 1. The van der Waals surface area contributed by atoms with Crippen molar-refractivity contribution in [3.05, 3.63) is 53.5 Å². The Labute approximate surface area is 196 Å². The minimum absolute atomic E-state index is 0.115. The van der Waals surface area contributed by atoms with Crippen LogP contribution in [0.25, 0.3) is 10.2 Å². The summed E-state index contributed by atoms with van der Waals surface area (Å²) in [6.45, 7) is 2.94. The number of likely N-dealkylation sites (tertiary alicyclic amines) is 1. The van der Waals surface area contributed by atoms with Gasteiger partial charge in [-0.3, -0.25) is 9.52 Å². The summed E-state index contributed by atoms with van der Waals surface area (Å²) in [6.07, 6.45) is 3.51. The molecule has 33 heavy (non-hydrogen) atoms. The largest absolute Gasteiger partial charge is 0.338 e. The lowest BCUT2D eigenvalue weighted by Gasteiger charge is -2.38. The molecule has 1 amide bonds. The van der Waals surface area contributed by atoms with Gasteiger partial charge in [0.1, 0.15) is 16.1 Å². The third kappa shape index (κ3) is 4.61. The molecule has 174 valence electrons. The molecule has 0 unspecified atom stereocenters. The highest BCUT2D eigenvalue weighted by Gasteiger charge is 2.47. The molecule has 9 heteroatoms. The van der Waals surface area contributed by atoms with Gasteiger partial charge in [0.2, 0.25) is 0 Å². The number of anilines is 1. The van der Waals surface area contributed by atoms with E-state index in [0.29, 0.717) is 49.1 Å². The quantitative estimate of drug-likeness (QED) is 0.516. The van der Waals surface area contributed by atoms with Gasteiger partial charge in [-0.05, 0) is 73.9 Å². The van der Waals surface area contributed by atoms with E-state index in [0.717, 1.165) is 17.5 Å². The summed E-state index contributed by atoms with van der Waals surface area (Å²) in [5, 5.41) is 0. The van der Waals surface area contributed by atoms with E-state index in [1.54, 1.807) is 40.7 Å². The van der Waals surface area contributed by atoms with Gasteiger partial charge in [-0.25, -0.2) is 17.8 Å². The molecular weight excluding hydrogens is 461 g/mol. The number of halogens is 1. The Balaban J connectivity index is 1.24. The molecule has 3 aromatic rings. The third-order valence-electron chi connectivity index (χ3n) is 6.79. The maximum Gasteiger partial charge on any atom is 0.264 e. The summed E-state index contributed by atoms with van der Waals surface area (Å²) in [7, 11) is -3.83. The van der Waals surface area contributed by atoms with Crippen molar-refractivity contribution in [1.29, 1.82) is 0 Å². The van der Waals surface area contributed by atoms with Crippen molar-refractivity contribution in [3.63, 3.8) is 0 Å². The average Bonchev–Trinajstić information content (AvgIpc) is 3.30. The Morgan fingerprint density at radius 3 is 2.48 bits per heavy atom. The maximum absolute atomic E-state index is 15.2. The van der Waals surface area contributed by atoms with Crippen molar-refractivity contribution in [3.8, 4) is 0 Å². The van der Waals surface area contributed by atoms with Crippen LogP contribution in [-0.4, -0.2) is 43.0 Å². The van der Waals surface area contributed by atoms with Crippen LogP contribution in [0.5, 0.6) is 0 Å². The highest BCUT2D eigenvalue weighted by atomic mass is 32.2. The summed E-state index contributed by atoms with van der Waals surface area (Å²) >= 11 is 1.38. The van der Waals surface area contributed by atoms with E-state index in [2.05, 4.69) is 16.6 Å². The molecule has 0 atom stereocenters. The number of thiazole rings is 1. The molecule has 1 aromatic heterocycles. The normalized spacial score (nSPS) is 19.4. The third-order valence-corrected chi connectivity index (χ3v) is 9.00. The van der Waals surface area contributed by atoms with Crippen molar-refractivity contribution in [2.75, 3.05) is 17.8 Å². The molecule has 2 aliphatic rings. The van der Waals surface area contributed by atoms with Gasteiger partial charge in [0.15, 0.2) is 0 Å². The number of para-hydroxylation sites is 1. The molecule has 1 aliphatic heterocycles. The SMILES string of the molecule is CC1(CC2(F)CCN(C(=O)c3ccc(NS(=O)(=O)c4cccc5scnc45)cc3)CC2)CC1. The molecule has 5 rings (SSSR count). The average molecular weight is 488 g/mol. The number of hydrogen-bond acceptors (Lipinski definition) is 5. The van der Waals surface area contributed by atoms with Gasteiger partial charge in [0.25, 0.3) is 15.9 Å². The summed E-state index contributed by atoms with van der Waals surface area (Å²) < 4.78 is 44.3. The lowest BCUT2D eigenvalue weighted by Crippen LogP contribution is -2.45. The maximum atomic E-state index is 15.2. The van der Waals surface area contributed by atoms with E-state index in [1.165, 1.54) is 17.4 Å². The second kappa shape index (κ2) is 8.06. The number of rotatable bonds is 6. The molecule has 0 bridgehead atoms. The van der Waals surface area contributed by atoms with Crippen LogP contribution >= 0.6 is 11.3 Å². The summed E-state index contributed by atoms with van der Waals surface area (Å²) in [5.74, 6) is -0.156. The number of benzene rings is 2. The number of piperidine rings is 1. The van der Waals surface area contributed by atoms with Crippen molar-refractivity contribution in [2.24, 2.45) is 5.41 Å². The second-order valence-electron chi connectivity index (χ2n) is 9.57. The number of amides is 1. The molecular formula is C24H26FN3O3S2. The van der Waals surface area contributed by atoms with E-state index < -0.39 is 15.7 Å². The van der Waals surface area contributed by atoms with Crippen LogP contribution in [0.15, 0.2) is 52.9 Å². The number of carbonyl (C=O) groups excluding carboxylic acids is 1. The van der Waals surface area contributed by atoms with Gasteiger partial charge in [-0.2, -0.15) is 0 Å². The van der Waals surface area contributed by atoms with Crippen LogP contribution in [0.3, 0.4) is 0 Å². The van der Waals surface area contributed by atoms with Crippen molar-refractivity contribution in [2.45, 2.75) is 49.6 Å². The van der Waals surface area contributed by atoms with Crippen molar-refractivity contribution < 1.29 is 17.6 Å². The van der Waals surface area contributed by atoms with Crippen LogP contribution < -0.4 is 4.72 Å². The molecule has 2 fully saturated rings. The van der Waals surface area contributed by atoms with Gasteiger partial charge < -0.3 is 4.90 Å². The number of sulfonamides is 1. The predicted octanol–water partition coefficient (Wildman–Crippen LogP) is 5.23. The second-order valence-corrected chi connectivity index (χ2v) is 12.1. The number of aromatic nitrogens is 1. The van der Waals surface area contributed by atoms with Crippen LogP contribution in [0.4, 0.5) is 10.1 Å². The van der Waals surface area contributed by atoms with E-state index >= 15 is 4.39 Å². The molecule has 0 radical (unpaired) electrons. The lowest BCUT2D eigenvalue weighted by molar-refractivity contribution is 0.0304. The molecule has 2 heterocycles. The standard InChI is InChI=1S/C24H26FN3O3S2/c1-23(9-10-23)15-24(25)11-13-28(14-12-24)22(29)17-5-7-18(8-6-17)27-33(30,31)20-4-2-3-19-21(20)26-16-32-19/h2-8,16,27H,9-15H2,1H3. The Morgan fingerprint density at radius 1 is 1.12 bits per heavy atom. The first-order valence-corrected chi connectivity index (χ1v) is 13.5. The van der Waals surface area contributed by atoms with Crippen molar-refractivity contribution >= 4 is 43.2 Å². The minimum Gasteiger partial charge on any atom is -0.338 e. The molecule has 1 saturated heterocycles. The fourth-order valence-electron chi connectivity index (χ4n) is 4.59. The fraction of sp³-hybridized carbons (Fsp3) is 0.417. The smallest absolute Gasteiger partial charge is 0.264 e. The van der Waals surface area contributed by atoms with Gasteiger partial charge in [-0.1, -0.05) is 13.0 Å². The Hall–Kier alpha value is -2.52. The van der Waals surface area contributed by atoms with Crippen molar-refractivity contribution in [1.82, 2.24) is 9.88 Å². The van der Waals surface area contributed by atoms with E-state index in [4.69, 9.17) is 0 Å². The van der Waals surface area contributed by atoms with E-state index in [1.807, 2.05) is 6.07 Å².